The van der Waals surface area contributed by atoms with Gasteiger partial charge in [0.15, 0.2) is 5.82 Å². The maximum atomic E-state index is 13.0. The lowest BCUT2D eigenvalue weighted by molar-refractivity contribution is -0.129. The zero-order chi connectivity index (χ0) is 23.6. The van der Waals surface area contributed by atoms with E-state index in [2.05, 4.69) is 43.1 Å². The summed E-state index contributed by atoms with van der Waals surface area (Å²) in [6.45, 7) is 7.13. The Morgan fingerprint density at radius 2 is 1.79 bits per heavy atom. The second kappa shape index (κ2) is 9.47. The molecular formula is C25H31N5O2S. The van der Waals surface area contributed by atoms with Crippen molar-refractivity contribution in [3.63, 3.8) is 0 Å². The number of benzene rings is 2. The summed E-state index contributed by atoms with van der Waals surface area (Å²) in [5.74, 6) is 8.02. The van der Waals surface area contributed by atoms with E-state index < -0.39 is 0 Å². The molecule has 4 rings (SSSR count). The molecule has 1 aliphatic carbocycles. The first-order chi connectivity index (χ1) is 15.8. The number of thioether (sulfide) groups is 1. The van der Waals surface area contributed by atoms with Gasteiger partial charge in [0.25, 0.3) is 0 Å². The lowest BCUT2D eigenvalue weighted by Gasteiger charge is -2.22. The molecule has 1 aliphatic rings. The number of ether oxygens (including phenoxy) is 1. The predicted molar refractivity (Wildman–Crippen MR) is 132 cm³/mol. The van der Waals surface area contributed by atoms with E-state index in [9.17, 15) is 4.79 Å². The van der Waals surface area contributed by atoms with Crippen molar-refractivity contribution in [3.8, 4) is 17.1 Å². The zero-order valence-corrected chi connectivity index (χ0v) is 20.4. The van der Waals surface area contributed by atoms with Crippen molar-refractivity contribution in [2.75, 3.05) is 18.7 Å². The number of aromatic nitrogens is 3. The molecule has 1 saturated carbocycles. The van der Waals surface area contributed by atoms with Gasteiger partial charge in [-0.05, 0) is 41.5 Å². The highest BCUT2D eigenvalue weighted by atomic mass is 32.2. The molecule has 1 fully saturated rings. The van der Waals surface area contributed by atoms with E-state index in [1.165, 1.54) is 22.0 Å². The summed E-state index contributed by atoms with van der Waals surface area (Å²) in [6, 6.07) is 16.4. The van der Waals surface area contributed by atoms with E-state index in [0.29, 0.717) is 23.6 Å². The Bertz CT molecular complexity index is 1100. The largest absolute Gasteiger partial charge is 0.497 e. The zero-order valence-electron chi connectivity index (χ0n) is 19.6. The number of carbonyl (C=O) groups is 1. The van der Waals surface area contributed by atoms with Crippen LogP contribution in [0.5, 0.6) is 5.75 Å². The van der Waals surface area contributed by atoms with Crippen molar-refractivity contribution < 1.29 is 9.53 Å². The summed E-state index contributed by atoms with van der Waals surface area (Å²) in [6.07, 6.45) is 2.10. The van der Waals surface area contributed by atoms with Crippen molar-refractivity contribution in [3.05, 3.63) is 59.7 Å². The van der Waals surface area contributed by atoms with Crippen LogP contribution in [0.25, 0.3) is 11.4 Å². The van der Waals surface area contributed by atoms with Crippen molar-refractivity contribution >= 4 is 17.7 Å². The Kier molecular flexibility index (Phi) is 6.65. The van der Waals surface area contributed by atoms with Crippen LogP contribution in [0.3, 0.4) is 0 Å². The van der Waals surface area contributed by atoms with Gasteiger partial charge < -0.3 is 15.5 Å². The summed E-state index contributed by atoms with van der Waals surface area (Å²) in [5, 5.41) is 9.01. The Balaban J connectivity index is 1.40. The number of hydrogen-bond donors (Lipinski definition) is 1. The van der Waals surface area contributed by atoms with Crippen molar-refractivity contribution in [1.82, 2.24) is 19.8 Å². The number of nitrogens with two attached hydrogens (primary N) is 1. The van der Waals surface area contributed by atoms with Crippen LogP contribution in [-0.2, 0) is 16.8 Å². The molecule has 0 spiro atoms. The second-order valence-corrected chi connectivity index (χ2v) is 10.3. The standard InChI is InChI=1S/C25H31N5O2S/c1-25(2,3)19-9-7-18(8-10-19)23-27-28-24(30(23)26)33-16-22(31)29(20-11-12-20)15-17-5-13-21(32-4)14-6-17/h5-10,13-14,20H,11-12,15-16,26H2,1-4H3. The number of hydrogen-bond acceptors (Lipinski definition) is 6. The molecule has 3 aromatic rings. The maximum absolute atomic E-state index is 13.0. The number of carbonyl (C=O) groups excluding carboxylic acids is 1. The lowest BCUT2D eigenvalue weighted by atomic mass is 9.87. The molecule has 1 aromatic heterocycles. The third-order valence-electron chi connectivity index (χ3n) is 5.82. The monoisotopic (exact) mass is 465 g/mol. The number of methoxy groups -OCH3 is 1. The summed E-state index contributed by atoms with van der Waals surface area (Å²) in [7, 11) is 1.65. The van der Waals surface area contributed by atoms with Crippen LogP contribution < -0.4 is 10.6 Å². The number of nitrogen functional groups attached to an aromatic ring is 1. The minimum atomic E-state index is 0.0789. The smallest absolute Gasteiger partial charge is 0.233 e. The van der Waals surface area contributed by atoms with Gasteiger partial charge >= 0.3 is 0 Å². The third kappa shape index (κ3) is 5.50. The molecule has 0 atom stereocenters. The molecule has 0 bridgehead atoms. The fraction of sp³-hybridized carbons (Fsp3) is 0.400. The first-order valence-electron chi connectivity index (χ1n) is 11.1. The molecule has 2 aromatic carbocycles. The molecule has 33 heavy (non-hydrogen) atoms. The number of rotatable bonds is 8. The molecule has 0 aliphatic heterocycles. The summed E-state index contributed by atoms with van der Waals surface area (Å²) < 4.78 is 6.69. The minimum absolute atomic E-state index is 0.0789. The Hall–Kier alpha value is -3.00. The van der Waals surface area contributed by atoms with Crippen LogP contribution in [0, 0.1) is 0 Å². The van der Waals surface area contributed by atoms with Crippen molar-refractivity contribution in [2.24, 2.45) is 0 Å². The molecule has 0 unspecified atom stereocenters. The summed E-state index contributed by atoms with van der Waals surface area (Å²) >= 11 is 1.32. The number of nitrogens with zero attached hydrogens (tertiary/aromatic N) is 4. The topological polar surface area (TPSA) is 86.3 Å². The van der Waals surface area contributed by atoms with Crippen LogP contribution in [0.2, 0.25) is 0 Å². The molecule has 2 N–H and O–H groups in total. The molecule has 1 heterocycles. The first kappa shape index (κ1) is 23.2. The van der Waals surface area contributed by atoms with Gasteiger partial charge in [-0.1, -0.05) is 68.9 Å². The van der Waals surface area contributed by atoms with Gasteiger partial charge in [-0.2, -0.15) is 0 Å². The third-order valence-corrected chi connectivity index (χ3v) is 6.75. The van der Waals surface area contributed by atoms with Crippen LogP contribution in [0.1, 0.15) is 44.7 Å². The van der Waals surface area contributed by atoms with Crippen molar-refractivity contribution in [1.29, 1.82) is 0 Å². The van der Waals surface area contributed by atoms with Crippen LogP contribution in [0.15, 0.2) is 53.7 Å². The van der Waals surface area contributed by atoms with Crippen LogP contribution in [-0.4, -0.2) is 44.6 Å². The first-order valence-corrected chi connectivity index (χ1v) is 12.1. The summed E-state index contributed by atoms with van der Waals surface area (Å²) in [5.41, 5.74) is 3.31. The minimum Gasteiger partial charge on any atom is -0.497 e. The highest BCUT2D eigenvalue weighted by Gasteiger charge is 2.32. The van der Waals surface area contributed by atoms with E-state index in [4.69, 9.17) is 10.6 Å². The van der Waals surface area contributed by atoms with Gasteiger partial charge in [0, 0.05) is 18.2 Å². The molecule has 7 nitrogen and oxygen atoms in total. The fourth-order valence-electron chi connectivity index (χ4n) is 3.64. The Morgan fingerprint density at radius 3 is 2.36 bits per heavy atom. The Morgan fingerprint density at radius 1 is 1.12 bits per heavy atom. The lowest BCUT2D eigenvalue weighted by Crippen LogP contribution is -2.34. The average molecular weight is 466 g/mol. The quantitative estimate of drug-likeness (QED) is 0.395. The predicted octanol–water partition coefficient (Wildman–Crippen LogP) is 4.25. The van der Waals surface area contributed by atoms with Gasteiger partial charge in [0.05, 0.1) is 12.9 Å². The van der Waals surface area contributed by atoms with Gasteiger partial charge in [-0.25, -0.2) is 4.68 Å². The van der Waals surface area contributed by atoms with E-state index in [1.807, 2.05) is 41.3 Å². The van der Waals surface area contributed by atoms with Gasteiger partial charge in [-0.3, -0.25) is 4.79 Å². The van der Waals surface area contributed by atoms with E-state index >= 15 is 0 Å². The molecule has 0 saturated heterocycles. The van der Waals surface area contributed by atoms with Crippen LogP contribution in [0.4, 0.5) is 0 Å². The van der Waals surface area contributed by atoms with Gasteiger partial charge in [0.1, 0.15) is 5.75 Å². The Labute approximate surface area is 199 Å². The normalized spacial score (nSPS) is 13.7. The van der Waals surface area contributed by atoms with E-state index in [0.717, 1.165) is 29.7 Å². The molecule has 8 heteroatoms. The second-order valence-electron chi connectivity index (χ2n) is 9.39. The maximum Gasteiger partial charge on any atom is 0.233 e. The van der Waals surface area contributed by atoms with Gasteiger partial charge in [-0.15, -0.1) is 10.2 Å². The van der Waals surface area contributed by atoms with Gasteiger partial charge in [0.2, 0.25) is 11.1 Å². The highest BCUT2D eigenvalue weighted by molar-refractivity contribution is 7.99. The molecular weight excluding hydrogens is 434 g/mol. The van der Waals surface area contributed by atoms with Crippen LogP contribution >= 0.6 is 11.8 Å². The van der Waals surface area contributed by atoms with Crippen molar-refractivity contribution in [2.45, 2.75) is 56.8 Å². The van der Waals surface area contributed by atoms with E-state index in [-0.39, 0.29) is 17.1 Å². The SMILES string of the molecule is COc1ccc(CN(C(=O)CSc2nnc(-c3ccc(C(C)(C)C)cc3)n2N)C2CC2)cc1. The molecule has 0 radical (unpaired) electrons. The fourth-order valence-corrected chi connectivity index (χ4v) is 4.38. The molecule has 1 amide bonds. The summed E-state index contributed by atoms with van der Waals surface area (Å²) in [4.78, 5) is 15.0. The molecule has 174 valence electrons. The highest BCUT2D eigenvalue weighted by Crippen LogP contribution is 2.31. The van der Waals surface area contributed by atoms with E-state index in [1.54, 1.807) is 7.11 Å². The number of amides is 1. The average Bonchev–Trinajstić information content (AvgIpc) is 3.58.